The van der Waals surface area contributed by atoms with Gasteiger partial charge in [0.25, 0.3) is 0 Å². The van der Waals surface area contributed by atoms with Crippen LogP contribution in [0.15, 0.2) is 23.7 Å². The molecule has 0 radical (unpaired) electrons. The van der Waals surface area contributed by atoms with Crippen LogP contribution in [-0.2, 0) is 19.0 Å². The number of carbonyl (C=O) groups is 1. The molecule has 0 aromatic heterocycles. The third kappa shape index (κ3) is 6.53. The van der Waals surface area contributed by atoms with E-state index >= 15 is 0 Å². The molecule has 0 bridgehead atoms. The van der Waals surface area contributed by atoms with E-state index in [1.807, 2.05) is 5.92 Å². The number of esters is 1. The molecule has 0 aromatic carbocycles. The van der Waals surface area contributed by atoms with Crippen molar-refractivity contribution >= 4 is 5.97 Å². The molecule has 0 rings (SSSR count). The summed E-state index contributed by atoms with van der Waals surface area (Å²) in [7, 11) is 2.45. The second-order valence-electron chi connectivity index (χ2n) is 3.14. The summed E-state index contributed by atoms with van der Waals surface area (Å²) >= 11 is 0. The van der Waals surface area contributed by atoms with Crippen LogP contribution in [0.3, 0.4) is 0 Å². The second kappa shape index (κ2) is 7.33. The van der Waals surface area contributed by atoms with Crippen LogP contribution < -0.4 is 0 Å². The van der Waals surface area contributed by atoms with Crippen LogP contribution >= 0.6 is 0 Å². The van der Waals surface area contributed by atoms with Gasteiger partial charge in [0.05, 0.1) is 20.6 Å². The van der Waals surface area contributed by atoms with E-state index < -0.39 is 12.1 Å². The number of allylic oxidation sites excluding steroid dienone is 1. The minimum atomic E-state index is -3.41. The van der Waals surface area contributed by atoms with Crippen LogP contribution in [0.1, 0.15) is 13.3 Å². The number of carbonyl (C=O) groups excluding carboxylic acids is 1. The van der Waals surface area contributed by atoms with Crippen molar-refractivity contribution in [2.45, 2.75) is 19.5 Å². The van der Waals surface area contributed by atoms with Crippen molar-refractivity contribution in [3.8, 4) is 12.3 Å². The van der Waals surface area contributed by atoms with Gasteiger partial charge in [-0.15, -0.1) is 6.42 Å². The first kappa shape index (κ1) is 16.0. The van der Waals surface area contributed by atoms with Crippen molar-refractivity contribution in [3.63, 3.8) is 0 Å². The van der Waals surface area contributed by atoms with Crippen molar-refractivity contribution in [3.05, 3.63) is 23.7 Å². The zero-order chi connectivity index (χ0) is 14.2. The Morgan fingerprint density at radius 2 is 1.94 bits per heavy atom. The van der Waals surface area contributed by atoms with Gasteiger partial charge in [-0.3, -0.25) is 4.79 Å². The predicted molar refractivity (Wildman–Crippen MR) is 60.3 cm³/mol. The molecule has 0 spiro atoms. The van der Waals surface area contributed by atoms with Gasteiger partial charge in [-0.2, -0.15) is 8.78 Å². The van der Waals surface area contributed by atoms with Gasteiger partial charge >= 0.3 is 12.1 Å². The first-order valence-corrected chi connectivity index (χ1v) is 4.88. The summed E-state index contributed by atoms with van der Waals surface area (Å²) in [5.74, 6) is 1.09. The first-order valence-electron chi connectivity index (χ1n) is 4.88. The molecule has 0 N–H and O–H groups in total. The highest BCUT2D eigenvalue weighted by Crippen LogP contribution is 2.23. The summed E-state index contributed by atoms with van der Waals surface area (Å²) in [6.07, 6.45) is 3.65. The predicted octanol–water partition coefficient (Wildman–Crippen LogP) is 2.23. The van der Waals surface area contributed by atoms with Crippen LogP contribution in [0.5, 0.6) is 0 Å². The quantitative estimate of drug-likeness (QED) is 0.318. The summed E-state index contributed by atoms with van der Waals surface area (Å²) in [5.41, 5.74) is 0. The molecule has 0 fully saturated rings. The molecule has 0 unspecified atom stereocenters. The van der Waals surface area contributed by atoms with E-state index in [0.717, 1.165) is 6.08 Å². The Bertz CT molecular complexity index is 386. The van der Waals surface area contributed by atoms with E-state index in [1.165, 1.54) is 20.3 Å². The van der Waals surface area contributed by atoms with Crippen LogP contribution in [0.25, 0.3) is 0 Å². The van der Waals surface area contributed by atoms with Crippen molar-refractivity contribution in [1.29, 1.82) is 0 Å². The van der Waals surface area contributed by atoms with Gasteiger partial charge < -0.3 is 14.2 Å². The first-order chi connectivity index (χ1) is 8.34. The Kier molecular flexibility index (Phi) is 6.50. The van der Waals surface area contributed by atoms with Gasteiger partial charge in [0.15, 0.2) is 11.5 Å². The van der Waals surface area contributed by atoms with E-state index in [4.69, 9.17) is 11.2 Å². The van der Waals surface area contributed by atoms with Crippen molar-refractivity contribution in [1.82, 2.24) is 0 Å². The highest BCUT2D eigenvalue weighted by molar-refractivity contribution is 5.71. The van der Waals surface area contributed by atoms with Gasteiger partial charge in [-0.25, -0.2) is 0 Å². The summed E-state index contributed by atoms with van der Waals surface area (Å²) < 4.78 is 39.1. The maximum atomic E-state index is 12.8. The number of alkyl halides is 2. The standard InChI is InChI=1S/C12H14F2O4/c1-5-6-10(18-12(2,13)14)9(16-3)7-8-11(15)17-4/h1,6-7H,8H2,2-4H3. The molecule has 0 saturated heterocycles. The van der Waals surface area contributed by atoms with Crippen LogP contribution in [0.4, 0.5) is 8.78 Å². The summed E-state index contributed by atoms with van der Waals surface area (Å²) in [6.45, 7) is 0.560. The van der Waals surface area contributed by atoms with E-state index in [2.05, 4.69) is 9.47 Å². The molecular formula is C12H14F2O4. The molecule has 6 heteroatoms. The fraction of sp³-hybridized carbons (Fsp3) is 0.417. The zero-order valence-corrected chi connectivity index (χ0v) is 10.3. The lowest BCUT2D eigenvalue weighted by atomic mass is 10.3. The maximum absolute atomic E-state index is 12.8. The number of ether oxygens (including phenoxy) is 3. The Morgan fingerprint density at radius 3 is 2.33 bits per heavy atom. The lowest BCUT2D eigenvalue weighted by Gasteiger charge is -2.17. The fourth-order valence-electron chi connectivity index (χ4n) is 0.964. The van der Waals surface area contributed by atoms with E-state index in [0.29, 0.717) is 6.92 Å². The van der Waals surface area contributed by atoms with Crippen molar-refractivity contribution in [2.75, 3.05) is 14.2 Å². The highest BCUT2D eigenvalue weighted by Gasteiger charge is 2.26. The Labute approximate surface area is 104 Å². The third-order valence-electron chi connectivity index (χ3n) is 1.65. The Morgan fingerprint density at radius 1 is 1.33 bits per heavy atom. The van der Waals surface area contributed by atoms with Gasteiger partial charge in [0.1, 0.15) is 0 Å². The van der Waals surface area contributed by atoms with Crippen molar-refractivity contribution in [2.24, 2.45) is 0 Å². The average Bonchev–Trinajstić information content (AvgIpc) is 2.27. The summed E-state index contributed by atoms with van der Waals surface area (Å²) in [4.78, 5) is 10.9. The van der Waals surface area contributed by atoms with Gasteiger partial charge in [0, 0.05) is 13.0 Å². The maximum Gasteiger partial charge on any atom is 0.395 e. The molecular weight excluding hydrogens is 246 g/mol. The van der Waals surface area contributed by atoms with E-state index in [-0.39, 0.29) is 17.9 Å². The highest BCUT2D eigenvalue weighted by atomic mass is 19.3. The summed E-state index contributed by atoms with van der Waals surface area (Å²) in [5, 5.41) is 0. The van der Waals surface area contributed by atoms with Gasteiger partial charge in [0.2, 0.25) is 0 Å². The molecule has 0 atom stereocenters. The SMILES string of the molecule is C#CC=C(OC(C)(F)F)C(=CCC(=O)OC)OC. The minimum Gasteiger partial charge on any atom is -0.493 e. The minimum absolute atomic E-state index is 0.0696. The monoisotopic (exact) mass is 260 g/mol. The molecule has 0 aliphatic carbocycles. The second-order valence-corrected chi connectivity index (χ2v) is 3.14. The zero-order valence-electron chi connectivity index (χ0n) is 10.3. The van der Waals surface area contributed by atoms with Crippen LogP contribution in [0.2, 0.25) is 0 Å². The number of hydrogen-bond acceptors (Lipinski definition) is 4. The molecule has 0 saturated carbocycles. The molecule has 0 heterocycles. The molecule has 18 heavy (non-hydrogen) atoms. The van der Waals surface area contributed by atoms with Crippen molar-refractivity contribution < 1.29 is 27.8 Å². The molecule has 0 aliphatic heterocycles. The van der Waals surface area contributed by atoms with Gasteiger partial charge in [-0.1, -0.05) is 5.92 Å². The summed E-state index contributed by atoms with van der Waals surface area (Å²) in [6, 6.07) is 0. The number of terminal acetylenes is 1. The van der Waals surface area contributed by atoms with E-state index in [1.54, 1.807) is 0 Å². The third-order valence-corrected chi connectivity index (χ3v) is 1.65. The van der Waals surface area contributed by atoms with Crippen LogP contribution in [0, 0.1) is 12.3 Å². The molecule has 0 aromatic rings. The topological polar surface area (TPSA) is 44.8 Å². The number of hydrogen-bond donors (Lipinski definition) is 0. The van der Waals surface area contributed by atoms with E-state index in [9.17, 15) is 13.6 Å². The molecule has 4 nitrogen and oxygen atoms in total. The number of rotatable bonds is 6. The lowest BCUT2D eigenvalue weighted by Crippen LogP contribution is -2.16. The number of methoxy groups -OCH3 is 2. The number of halogens is 2. The fourth-order valence-corrected chi connectivity index (χ4v) is 0.964. The normalized spacial score (nSPS) is 12.7. The van der Waals surface area contributed by atoms with Crippen LogP contribution in [-0.4, -0.2) is 26.3 Å². The Hall–Kier alpha value is -2.03. The van der Waals surface area contributed by atoms with Gasteiger partial charge in [-0.05, 0) is 6.08 Å². The lowest BCUT2D eigenvalue weighted by molar-refractivity contribution is -0.198. The molecule has 0 amide bonds. The molecule has 100 valence electrons. The average molecular weight is 260 g/mol. The largest absolute Gasteiger partial charge is 0.493 e. The Balaban J connectivity index is 5.02. The molecule has 0 aliphatic rings. The smallest absolute Gasteiger partial charge is 0.395 e.